The van der Waals surface area contributed by atoms with Crippen molar-refractivity contribution in [1.29, 1.82) is 5.26 Å². The molecule has 18 heavy (non-hydrogen) atoms. The lowest BCUT2D eigenvalue weighted by atomic mass is 10.1. The fourth-order valence-corrected chi connectivity index (χ4v) is 2.53. The number of nitrogens with one attached hydrogen (secondary N) is 1. The summed E-state index contributed by atoms with van der Waals surface area (Å²) in [4.78, 5) is 3.27. The molecule has 0 atom stereocenters. The summed E-state index contributed by atoms with van der Waals surface area (Å²) >= 11 is 1.63. The number of nitriles is 1. The second kappa shape index (κ2) is 4.52. The Bertz CT molecular complexity index is 709. The van der Waals surface area contributed by atoms with Crippen molar-refractivity contribution in [3.63, 3.8) is 0 Å². The minimum atomic E-state index is 0.657. The largest absolute Gasteiger partial charge is 0.354 e. The second-order valence-electron chi connectivity index (χ2n) is 4.00. The molecule has 0 amide bonds. The highest BCUT2D eigenvalue weighted by Gasteiger charge is 2.05. The maximum absolute atomic E-state index is 9.27. The predicted octanol–water partition coefficient (Wildman–Crippen LogP) is 4.29. The molecule has 3 heteroatoms. The monoisotopic (exact) mass is 250 g/mol. The standard InChI is InChI=1S/C15H10N2S/c16-9-13(7-11-5-6-18-10-11)15-8-12-3-1-2-4-14(12)17-15/h1-8,10,17H/b13-7+. The zero-order valence-electron chi connectivity index (χ0n) is 9.55. The normalized spacial score (nSPS) is 11.6. The summed E-state index contributed by atoms with van der Waals surface area (Å²) in [7, 11) is 0. The third-order valence-corrected chi connectivity index (χ3v) is 3.50. The first kappa shape index (κ1) is 10.8. The summed E-state index contributed by atoms with van der Waals surface area (Å²) in [5.74, 6) is 0. The predicted molar refractivity (Wildman–Crippen MR) is 76.1 cm³/mol. The molecule has 86 valence electrons. The third kappa shape index (κ3) is 1.94. The minimum absolute atomic E-state index is 0.657. The molecular formula is C15H10N2S. The molecule has 0 aliphatic carbocycles. The molecule has 1 N–H and O–H groups in total. The van der Waals surface area contributed by atoms with Crippen LogP contribution in [0.3, 0.4) is 0 Å². The second-order valence-corrected chi connectivity index (χ2v) is 4.78. The van der Waals surface area contributed by atoms with Crippen molar-refractivity contribution < 1.29 is 0 Å². The smallest absolute Gasteiger partial charge is 0.101 e. The summed E-state index contributed by atoms with van der Waals surface area (Å²) < 4.78 is 0. The number of benzene rings is 1. The van der Waals surface area contributed by atoms with Gasteiger partial charge < -0.3 is 4.98 Å². The highest BCUT2D eigenvalue weighted by Crippen LogP contribution is 2.22. The van der Waals surface area contributed by atoms with Gasteiger partial charge in [0.25, 0.3) is 0 Å². The van der Waals surface area contributed by atoms with Crippen LogP contribution in [0.15, 0.2) is 47.2 Å². The van der Waals surface area contributed by atoms with Crippen molar-refractivity contribution in [2.45, 2.75) is 0 Å². The van der Waals surface area contributed by atoms with Crippen LogP contribution in [0.4, 0.5) is 0 Å². The average Bonchev–Trinajstić information content (AvgIpc) is 3.04. The number of hydrogen-bond donors (Lipinski definition) is 1. The molecule has 0 bridgehead atoms. The van der Waals surface area contributed by atoms with E-state index in [0.717, 1.165) is 22.2 Å². The van der Waals surface area contributed by atoms with E-state index in [1.54, 1.807) is 11.3 Å². The zero-order valence-corrected chi connectivity index (χ0v) is 10.4. The summed E-state index contributed by atoms with van der Waals surface area (Å²) in [6.45, 7) is 0. The molecule has 3 rings (SSSR count). The molecule has 3 aromatic rings. The fourth-order valence-electron chi connectivity index (χ4n) is 1.91. The Hall–Kier alpha value is -2.31. The lowest BCUT2D eigenvalue weighted by Gasteiger charge is -1.93. The molecule has 2 aromatic heterocycles. The van der Waals surface area contributed by atoms with Crippen LogP contribution in [0.25, 0.3) is 22.6 Å². The number of allylic oxidation sites excluding steroid dienone is 1. The van der Waals surface area contributed by atoms with Crippen LogP contribution in [0, 0.1) is 11.3 Å². The van der Waals surface area contributed by atoms with E-state index >= 15 is 0 Å². The van der Waals surface area contributed by atoms with Gasteiger partial charge in [-0.05, 0) is 40.6 Å². The van der Waals surface area contributed by atoms with Crippen LogP contribution < -0.4 is 0 Å². The van der Waals surface area contributed by atoms with E-state index in [1.165, 1.54) is 0 Å². The molecule has 0 aliphatic rings. The molecule has 0 aliphatic heterocycles. The fraction of sp³-hybridized carbons (Fsp3) is 0. The number of hydrogen-bond acceptors (Lipinski definition) is 2. The van der Waals surface area contributed by atoms with E-state index in [9.17, 15) is 5.26 Å². The molecule has 0 radical (unpaired) electrons. The number of nitrogens with zero attached hydrogens (tertiary/aromatic N) is 1. The lowest BCUT2D eigenvalue weighted by molar-refractivity contribution is 1.40. The van der Waals surface area contributed by atoms with Crippen molar-refractivity contribution in [3.8, 4) is 6.07 Å². The quantitative estimate of drug-likeness (QED) is 0.677. The maximum atomic E-state index is 9.27. The molecule has 0 fully saturated rings. The third-order valence-electron chi connectivity index (χ3n) is 2.79. The molecule has 0 saturated carbocycles. The van der Waals surface area contributed by atoms with Gasteiger partial charge in [-0.3, -0.25) is 0 Å². The van der Waals surface area contributed by atoms with Crippen molar-refractivity contribution >= 4 is 33.9 Å². The van der Waals surface area contributed by atoms with E-state index in [0.29, 0.717) is 5.57 Å². The van der Waals surface area contributed by atoms with Crippen molar-refractivity contribution in [2.75, 3.05) is 0 Å². The first-order valence-corrected chi connectivity index (χ1v) is 6.53. The van der Waals surface area contributed by atoms with Gasteiger partial charge in [-0.25, -0.2) is 0 Å². The number of fused-ring (bicyclic) bond motifs is 1. The van der Waals surface area contributed by atoms with Crippen molar-refractivity contribution in [3.05, 3.63) is 58.4 Å². The van der Waals surface area contributed by atoms with E-state index in [1.807, 2.05) is 53.2 Å². The highest BCUT2D eigenvalue weighted by molar-refractivity contribution is 7.08. The molecule has 0 spiro atoms. The Kier molecular flexibility index (Phi) is 2.71. The maximum Gasteiger partial charge on any atom is 0.101 e. The number of para-hydroxylation sites is 1. The van der Waals surface area contributed by atoms with Crippen LogP contribution >= 0.6 is 11.3 Å². The Labute approximate surface area is 109 Å². The van der Waals surface area contributed by atoms with Gasteiger partial charge in [-0.2, -0.15) is 16.6 Å². The van der Waals surface area contributed by atoms with Crippen LogP contribution in [0.5, 0.6) is 0 Å². The summed E-state index contributed by atoms with van der Waals surface area (Å²) in [6, 6.07) is 14.3. The van der Waals surface area contributed by atoms with E-state index in [2.05, 4.69) is 11.1 Å². The number of aromatic amines is 1. The topological polar surface area (TPSA) is 39.6 Å². The van der Waals surface area contributed by atoms with Gasteiger partial charge in [-0.15, -0.1) is 0 Å². The SMILES string of the molecule is N#C/C(=C\c1ccsc1)c1cc2ccccc2[nH]1. The van der Waals surface area contributed by atoms with Crippen LogP contribution in [0.2, 0.25) is 0 Å². The summed E-state index contributed by atoms with van der Waals surface area (Å²) in [5, 5.41) is 14.4. The van der Waals surface area contributed by atoms with Gasteiger partial charge in [-0.1, -0.05) is 18.2 Å². The zero-order chi connectivity index (χ0) is 12.4. The van der Waals surface area contributed by atoms with Gasteiger partial charge in [0.1, 0.15) is 6.07 Å². The summed E-state index contributed by atoms with van der Waals surface area (Å²) in [5.41, 5.74) is 3.64. The van der Waals surface area contributed by atoms with E-state index < -0.39 is 0 Å². The lowest BCUT2D eigenvalue weighted by Crippen LogP contribution is -1.80. The Balaban J connectivity index is 2.09. The highest BCUT2D eigenvalue weighted by atomic mass is 32.1. The average molecular weight is 250 g/mol. The van der Waals surface area contributed by atoms with Crippen molar-refractivity contribution in [2.24, 2.45) is 0 Å². The van der Waals surface area contributed by atoms with E-state index in [4.69, 9.17) is 0 Å². The molecule has 2 nitrogen and oxygen atoms in total. The molecule has 0 saturated heterocycles. The van der Waals surface area contributed by atoms with Gasteiger partial charge in [0.15, 0.2) is 0 Å². The van der Waals surface area contributed by atoms with Gasteiger partial charge in [0, 0.05) is 10.9 Å². The molecule has 0 unspecified atom stereocenters. The molecular weight excluding hydrogens is 240 g/mol. The minimum Gasteiger partial charge on any atom is -0.354 e. The first-order valence-electron chi connectivity index (χ1n) is 5.59. The van der Waals surface area contributed by atoms with Gasteiger partial charge in [0.05, 0.1) is 11.3 Å². The van der Waals surface area contributed by atoms with Crippen molar-refractivity contribution in [1.82, 2.24) is 4.98 Å². The van der Waals surface area contributed by atoms with Gasteiger partial charge >= 0.3 is 0 Å². The van der Waals surface area contributed by atoms with Crippen LogP contribution in [0.1, 0.15) is 11.3 Å². The number of aromatic nitrogens is 1. The first-order chi connectivity index (χ1) is 8.86. The Morgan fingerprint density at radius 2 is 2.17 bits per heavy atom. The Morgan fingerprint density at radius 3 is 2.89 bits per heavy atom. The van der Waals surface area contributed by atoms with Crippen LogP contribution in [-0.4, -0.2) is 4.98 Å². The van der Waals surface area contributed by atoms with E-state index in [-0.39, 0.29) is 0 Å². The number of rotatable bonds is 2. The van der Waals surface area contributed by atoms with Gasteiger partial charge in [0.2, 0.25) is 0 Å². The molecule has 1 aromatic carbocycles. The summed E-state index contributed by atoms with van der Waals surface area (Å²) in [6.07, 6.45) is 1.90. The number of thiophene rings is 1. The Morgan fingerprint density at radius 1 is 1.28 bits per heavy atom. The molecule has 2 heterocycles. The number of H-pyrrole nitrogens is 1. The van der Waals surface area contributed by atoms with Crippen LogP contribution in [-0.2, 0) is 0 Å².